The first-order chi connectivity index (χ1) is 12.6. The van der Waals surface area contributed by atoms with Crippen molar-refractivity contribution in [1.29, 1.82) is 0 Å². The predicted molar refractivity (Wildman–Crippen MR) is 88.3 cm³/mol. The highest BCUT2D eigenvalue weighted by Crippen LogP contribution is 2.24. The topological polar surface area (TPSA) is 106 Å². The fraction of sp³-hybridized carbons (Fsp3) is 0.267. The molecule has 0 radical (unpaired) electrons. The van der Waals surface area contributed by atoms with Crippen molar-refractivity contribution in [2.75, 3.05) is 11.9 Å². The molecule has 0 saturated carbocycles. The molecule has 0 unspecified atom stereocenters. The molecule has 2 aromatic rings. The molecule has 0 fully saturated rings. The van der Waals surface area contributed by atoms with E-state index in [1.54, 1.807) is 0 Å². The van der Waals surface area contributed by atoms with Gasteiger partial charge in [0.15, 0.2) is 6.61 Å². The average molecular weight is 404 g/mol. The van der Waals surface area contributed by atoms with E-state index in [0.29, 0.717) is 5.56 Å². The van der Waals surface area contributed by atoms with Gasteiger partial charge in [0.2, 0.25) is 17.7 Å². The molecule has 27 heavy (non-hydrogen) atoms. The number of pyridine rings is 1. The van der Waals surface area contributed by atoms with E-state index >= 15 is 0 Å². The number of carbonyl (C=O) groups is 2. The Balaban J connectivity index is 1.97. The van der Waals surface area contributed by atoms with E-state index in [0.717, 1.165) is 0 Å². The lowest BCUT2D eigenvalue weighted by Gasteiger charge is -2.11. The Morgan fingerprint density at radius 3 is 2.67 bits per heavy atom. The molecule has 0 aliphatic heterocycles. The number of halogens is 4. The van der Waals surface area contributed by atoms with E-state index < -0.39 is 18.7 Å². The smallest absolute Gasteiger partial charge is 0.422 e. The van der Waals surface area contributed by atoms with Crippen LogP contribution in [0.5, 0.6) is 5.88 Å². The van der Waals surface area contributed by atoms with Gasteiger partial charge in [0, 0.05) is 25.9 Å². The molecule has 0 aromatic carbocycles. The largest absolute Gasteiger partial charge is 0.467 e. The highest BCUT2D eigenvalue weighted by molar-refractivity contribution is 6.31. The van der Waals surface area contributed by atoms with Gasteiger partial charge in [-0.2, -0.15) is 13.2 Å². The van der Waals surface area contributed by atoms with Crippen LogP contribution < -0.4 is 15.4 Å². The van der Waals surface area contributed by atoms with E-state index in [1.165, 1.54) is 31.5 Å². The number of nitrogens with zero attached hydrogens (tertiary/aromatic N) is 3. The molecule has 2 rings (SSSR count). The lowest BCUT2D eigenvalue weighted by atomic mass is 10.2. The monoisotopic (exact) mass is 403 g/mol. The number of aromatic nitrogens is 3. The van der Waals surface area contributed by atoms with E-state index in [1.807, 2.05) is 0 Å². The van der Waals surface area contributed by atoms with Gasteiger partial charge in [0.05, 0.1) is 0 Å². The minimum atomic E-state index is -4.51. The Labute approximate surface area is 156 Å². The van der Waals surface area contributed by atoms with Gasteiger partial charge >= 0.3 is 6.18 Å². The zero-order valence-electron chi connectivity index (χ0n) is 13.8. The van der Waals surface area contributed by atoms with Gasteiger partial charge in [-0.3, -0.25) is 14.9 Å². The van der Waals surface area contributed by atoms with Crippen molar-refractivity contribution < 1.29 is 27.5 Å². The van der Waals surface area contributed by atoms with E-state index in [2.05, 4.69) is 30.3 Å². The fourth-order valence-electron chi connectivity index (χ4n) is 1.79. The van der Waals surface area contributed by atoms with Crippen LogP contribution in [0.4, 0.5) is 19.1 Å². The van der Waals surface area contributed by atoms with E-state index in [-0.39, 0.29) is 35.0 Å². The number of hydrogen-bond acceptors (Lipinski definition) is 6. The zero-order valence-corrected chi connectivity index (χ0v) is 14.6. The van der Waals surface area contributed by atoms with Crippen LogP contribution in [-0.4, -0.2) is 39.5 Å². The predicted octanol–water partition coefficient (Wildman–Crippen LogP) is 2.35. The summed E-state index contributed by atoms with van der Waals surface area (Å²) < 4.78 is 40.9. The highest BCUT2D eigenvalue weighted by atomic mass is 35.5. The third kappa shape index (κ3) is 6.70. The third-order valence-corrected chi connectivity index (χ3v) is 3.14. The summed E-state index contributed by atoms with van der Waals surface area (Å²) in [5.41, 5.74) is 0.446. The number of amides is 2. The molecule has 2 heterocycles. The SMILES string of the molecule is CC(=O)Nc1nccc(C(=O)NCc2cnc(OCC(F)(F)F)c(Cl)c2)n1. The summed E-state index contributed by atoms with van der Waals surface area (Å²) in [6.07, 6.45) is -1.98. The van der Waals surface area contributed by atoms with Crippen molar-refractivity contribution in [3.05, 3.63) is 40.8 Å². The molecule has 2 N–H and O–H groups in total. The van der Waals surface area contributed by atoms with Crippen LogP contribution in [0.1, 0.15) is 23.0 Å². The standard InChI is InChI=1S/C15H13ClF3N5O3/c1-8(25)23-14-20-3-2-11(24-14)12(26)21-5-9-4-10(16)13(22-6-9)27-7-15(17,18)19/h2-4,6H,5,7H2,1H3,(H,21,26)(H,20,23,24,25). The van der Waals surface area contributed by atoms with Crippen LogP contribution in [0.15, 0.2) is 24.5 Å². The number of anilines is 1. The Bertz CT molecular complexity index is 848. The minimum absolute atomic E-state index is 0.00935. The molecule has 0 spiro atoms. The number of hydrogen-bond donors (Lipinski definition) is 2. The van der Waals surface area contributed by atoms with Crippen molar-refractivity contribution in [1.82, 2.24) is 20.3 Å². The molecular weight excluding hydrogens is 391 g/mol. The van der Waals surface area contributed by atoms with Crippen molar-refractivity contribution in [3.8, 4) is 5.88 Å². The Morgan fingerprint density at radius 2 is 2.04 bits per heavy atom. The number of alkyl halides is 3. The quantitative estimate of drug-likeness (QED) is 0.767. The first kappa shape index (κ1) is 20.4. The van der Waals surface area contributed by atoms with Gasteiger partial charge in [-0.05, 0) is 17.7 Å². The molecule has 0 aliphatic rings. The van der Waals surface area contributed by atoms with Gasteiger partial charge in [-0.25, -0.2) is 15.0 Å². The maximum Gasteiger partial charge on any atom is 0.422 e. The van der Waals surface area contributed by atoms with E-state index in [9.17, 15) is 22.8 Å². The summed E-state index contributed by atoms with van der Waals surface area (Å²) in [5.74, 6) is -1.33. The molecule has 2 aromatic heterocycles. The molecule has 12 heteroatoms. The molecule has 2 amide bonds. The van der Waals surface area contributed by atoms with Gasteiger partial charge in [-0.1, -0.05) is 11.6 Å². The second-order valence-corrected chi connectivity index (χ2v) is 5.57. The summed E-state index contributed by atoms with van der Waals surface area (Å²) in [5, 5.41) is 4.76. The summed E-state index contributed by atoms with van der Waals surface area (Å²) >= 11 is 5.83. The molecule has 144 valence electrons. The first-order valence-electron chi connectivity index (χ1n) is 7.37. The Kier molecular flexibility index (Phi) is 6.50. The third-order valence-electron chi connectivity index (χ3n) is 2.87. The van der Waals surface area contributed by atoms with Crippen LogP contribution >= 0.6 is 11.6 Å². The minimum Gasteiger partial charge on any atom is -0.467 e. The first-order valence-corrected chi connectivity index (χ1v) is 7.74. The number of rotatable bonds is 6. The van der Waals surface area contributed by atoms with Crippen molar-refractivity contribution in [2.45, 2.75) is 19.6 Å². The molecule has 0 atom stereocenters. The van der Waals surface area contributed by atoms with Crippen LogP contribution in [0.25, 0.3) is 0 Å². The lowest BCUT2D eigenvalue weighted by molar-refractivity contribution is -0.154. The van der Waals surface area contributed by atoms with Crippen molar-refractivity contribution in [2.24, 2.45) is 0 Å². The molecular formula is C15H13ClF3N5O3. The van der Waals surface area contributed by atoms with Gasteiger partial charge in [0.25, 0.3) is 5.91 Å². The second-order valence-electron chi connectivity index (χ2n) is 5.16. The van der Waals surface area contributed by atoms with Crippen LogP contribution in [-0.2, 0) is 11.3 Å². The summed E-state index contributed by atoms with van der Waals surface area (Å²) in [7, 11) is 0. The molecule has 8 nitrogen and oxygen atoms in total. The van der Waals surface area contributed by atoms with E-state index in [4.69, 9.17) is 11.6 Å². The van der Waals surface area contributed by atoms with Crippen LogP contribution in [0.3, 0.4) is 0 Å². The average Bonchev–Trinajstić information content (AvgIpc) is 2.57. The Hall–Kier alpha value is -2.95. The van der Waals surface area contributed by atoms with Crippen LogP contribution in [0.2, 0.25) is 5.02 Å². The second kappa shape index (κ2) is 8.62. The zero-order chi connectivity index (χ0) is 20.0. The molecule has 0 saturated heterocycles. The number of nitrogens with one attached hydrogen (secondary N) is 2. The Morgan fingerprint density at radius 1 is 1.30 bits per heavy atom. The molecule has 0 bridgehead atoms. The van der Waals surface area contributed by atoms with Gasteiger partial charge in [-0.15, -0.1) is 0 Å². The summed E-state index contributed by atoms with van der Waals surface area (Å²) in [6, 6.07) is 2.67. The molecule has 0 aliphatic carbocycles. The lowest BCUT2D eigenvalue weighted by Crippen LogP contribution is -2.24. The maximum atomic E-state index is 12.1. The summed E-state index contributed by atoms with van der Waals surface area (Å²) in [4.78, 5) is 34.5. The fourth-order valence-corrected chi connectivity index (χ4v) is 2.04. The maximum absolute atomic E-state index is 12.1. The van der Waals surface area contributed by atoms with Gasteiger partial charge < -0.3 is 10.1 Å². The normalized spacial score (nSPS) is 11.0. The number of ether oxygens (including phenoxy) is 1. The van der Waals surface area contributed by atoms with Crippen molar-refractivity contribution in [3.63, 3.8) is 0 Å². The number of carbonyl (C=O) groups excluding carboxylic acids is 2. The van der Waals surface area contributed by atoms with Crippen molar-refractivity contribution >= 4 is 29.4 Å². The van der Waals surface area contributed by atoms with Crippen LogP contribution in [0, 0.1) is 0 Å². The summed E-state index contributed by atoms with van der Waals surface area (Å²) in [6.45, 7) is -0.250. The highest BCUT2D eigenvalue weighted by Gasteiger charge is 2.29. The van der Waals surface area contributed by atoms with Gasteiger partial charge in [0.1, 0.15) is 10.7 Å².